The average molecular weight is 832 g/mol. The molecule has 3 heterocycles. The van der Waals surface area contributed by atoms with Crippen LogP contribution in [0.15, 0.2) is 36.4 Å². The Kier molecular flexibility index (Phi) is 10.1. The number of unbranched alkanes of at least 4 members (excludes halogenated alkanes) is 3. The Labute approximate surface area is 324 Å². The summed E-state index contributed by atoms with van der Waals surface area (Å²) in [5.41, 5.74) is 2.62. The second kappa shape index (κ2) is 14.5. The van der Waals surface area contributed by atoms with Crippen molar-refractivity contribution in [3.05, 3.63) is 58.7 Å². The van der Waals surface area contributed by atoms with Gasteiger partial charge in [-0.3, -0.25) is 0 Å². The monoisotopic (exact) mass is 832 g/mol. The first kappa shape index (κ1) is 37.4. The van der Waals surface area contributed by atoms with Gasteiger partial charge in [-0.2, -0.15) is 0 Å². The molecule has 0 aliphatic carbocycles. The van der Waals surface area contributed by atoms with Crippen LogP contribution < -0.4 is 7.16 Å². The van der Waals surface area contributed by atoms with Gasteiger partial charge in [0, 0.05) is 0 Å². The standard InChI is InChI=1S/C39H38N2O4.2C4H9.Sn/c1-5-8-11-23(10-7-3)21-41-38(44)30-18-14-26-24-12-16-28-34-29(37(43)40(36(28)42)20-22(4)9-6-2)17-13-25(32(24)34)27-15-19-31(39(41)45)35(30)33(26)27;2*1-3-4-2;/h12,14,16-19,22-23H,5-11,20-21H2,1-4H3;2*1,3-4H2,2H3;. The minimum atomic E-state index is -3.66. The van der Waals surface area contributed by atoms with Gasteiger partial charge in [-0.25, -0.2) is 0 Å². The van der Waals surface area contributed by atoms with E-state index < -0.39 is 18.4 Å². The molecule has 3 aliphatic heterocycles. The molecule has 3 aliphatic rings. The Morgan fingerprint density at radius 1 is 0.500 bits per heavy atom. The first-order valence-electron chi connectivity index (χ1n) is 21.2. The van der Waals surface area contributed by atoms with E-state index in [4.69, 9.17) is 0 Å². The second-order valence-electron chi connectivity index (χ2n) is 16.9. The van der Waals surface area contributed by atoms with Gasteiger partial charge >= 0.3 is 326 Å². The van der Waals surface area contributed by atoms with Crippen molar-refractivity contribution in [2.45, 2.75) is 121 Å². The van der Waals surface area contributed by atoms with Crippen molar-refractivity contribution in [3.63, 3.8) is 0 Å². The zero-order valence-electron chi connectivity index (χ0n) is 33.3. The molecule has 2 atom stereocenters. The minimum absolute atomic E-state index is 0.144. The van der Waals surface area contributed by atoms with Gasteiger partial charge in [-0.15, -0.1) is 0 Å². The molecule has 54 heavy (non-hydrogen) atoms. The summed E-state index contributed by atoms with van der Waals surface area (Å²) in [6, 6.07) is 12.6. The van der Waals surface area contributed by atoms with Crippen LogP contribution in [0.2, 0.25) is 8.87 Å². The quantitative estimate of drug-likeness (QED) is 0.0405. The maximum atomic E-state index is 14.9. The van der Waals surface area contributed by atoms with Gasteiger partial charge in [0.05, 0.1) is 0 Å². The molecule has 5 aromatic rings. The van der Waals surface area contributed by atoms with E-state index in [2.05, 4.69) is 65.8 Å². The molecule has 0 spiro atoms. The summed E-state index contributed by atoms with van der Waals surface area (Å²) in [5, 5.41) is 8.13. The summed E-state index contributed by atoms with van der Waals surface area (Å²) in [7, 11) is 0. The fourth-order valence-electron chi connectivity index (χ4n) is 10.8. The molecule has 8 rings (SSSR count). The third-order valence-corrected chi connectivity index (χ3v) is 28.4. The first-order chi connectivity index (χ1) is 26.2. The van der Waals surface area contributed by atoms with Crippen LogP contribution in [0.5, 0.6) is 0 Å². The van der Waals surface area contributed by atoms with Crippen LogP contribution >= 0.6 is 0 Å². The Balaban J connectivity index is 1.44. The van der Waals surface area contributed by atoms with Crippen LogP contribution in [0.1, 0.15) is 154 Å². The van der Waals surface area contributed by atoms with Crippen molar-refractivity contribution in [3.8, 4) is 0 Å². The van der Waals surface area contributed by atoms with E-state index in [9.17, 15) is 19.2 Å². The number of benzene rings is 5. The average Bonchev–Trinajstić information content (AvgIpc) is 3.45. The molecule has 0 radical (unpaired) electrons. The van der Waals surface area contributed by atoms with E-state index >= 15 is 0 Å². The van der Waals surface area contributed by atoms with Gasteiger partial charge in [0.2, 0.25) is 0 Å². The molecule has 0 fully saturated rings. The number of carbonyl (C=O) groups excluding carboxylic acids is 4. The number of fused-ring (bicyclic) bond motifs is 1. The molecule has 5 aromatic carbocycles. The number of hydrogen-bond donors (Lipinski definition) is 0. The van der Waals surface area contributed by atoms with Gasteiger partial charge in [0.1, 0.15) is 0 Å². The topological polar surface area (TPSA) is 74.8 Å². The van der Waals surface area contributed by atoms with Crippen LogP contribution in [-0.2, 0) is 0 Å². The second-order valence-corrected chi connectivity index (χ2v) is 29.0. The number of rotatable bonds is 17. The summed E-state index contributed by atoms with van der Waals surface area (Å²) < 4.78 is 4.98. The Bertz CT molecular complexity index is 2350. The molecular weight excluding hydrogens is 775 g/mol. The van der Waals surface area contributed by atoms with Gasteiger partial charge in [-0.05, 0) is 0 Å². The van der Waals surface area contributed by atoms with Crippen LogP contribution in [-0.4, -0.2) is 64.9 Å². The zero-order valence-corrected chi connectivity index (χ0v) is 36.1. The van der Waals surface area contributed by atoms with Crippen molar-refractivity contribution in [1.82, 2.24) is 9.80 Å². The van der Waals surface area contributed by atoms with Crippen molar-refractivity contribution in [2.24, 2.45) is 11.8 Å². The normalized spacial score (nSPS) is 17.1. The SMILES string of the molecule is CCCCC(CCC)CN1C(=O)c2ccc3c4ccc5c6c(c[c]7c(c8[c](cc(c2c38)C1=O)[Sn]7([CH2]CCC)[CH2]CCC)c64)C(=O)N(CC(C)CCC)C5=O. The zero-order chi connectivity index (χ0) is 38.1. The third-order valence-electron chi connectivity index (χ3n) is 13.3. The van der Waals surface area contributed by atoms with E-state index in [1.54, 1.807) is 4.90 Å². The Morgan fingerprint density at radius 3 is 1.43 bits per heavy atom. The number of nitrogens with zero attached hydrogens (tertiary/aromatic N) is 2. The van der Waals surface area contributed by atoms with Crippen molar-refractivity contribution < 1.29 is 19.2 Å². The van der Waals surface area contributed by atoms with E-state index in [0.717, 1.165) is 112 Å². The fourth-order valence-corrected chi connectivity index (χ4v) is 27.4. The molecule has 282 valence electrons. The van der Waals surface area contributed by atoms with Gasteiger partial charge in [0.15, 0.2) is 0 Å². The van der Waals surface area contributed by atoms with E-state index in [1.165, 1.54) is 22.8 Å². The molecular formula is C47H56N2O4Sn. The van der Waals surface area contributed by atoms with Gasteiger partial charge in [0.25, 0.3) is 0 Å². The Morgan fingerprint density at radius 2 is 0.963 bits per heavy atom. The summed E-state index contributed by atoms with van der Waals surface area (Å²) in [4.78, 5) is 61.5. The maximum absolute atomic E-state index is 14.9. The van der Waals surface area contributed by atoms with Crippen LogP contribution in [0, 0.1) is 11.8 Å². The molecule has 6 nitrogen and oxygen atoms in total. The summed E-state index contributed by atoms with van der Waals surface area (Å²) in [6.07, 6.45) is 11.5. The van der Waals surface area contributed by atoms with E-state index in [0.29, 0.717) is 35.3 Å². The molecule has 0 N–H and O–H groups in total. The molecule has 2 unspecified atom stereocenters. The van der Waals surface area contributed by atoms with Crippen molar-refractivity contribution >= 4 is 92.3 Å². The number of amides is 4. The summed E-state index contributed by atoms with van der Waals surface area (Å²) >= 11 is -3.66. The number of carbonyl (C=O) groups is 4. The molecule has 4 amide bonds. The number of hydrogen-bond acceptors (Lipinski definition) is 4. The van der Waals surface area contributed by atoms with E-state index in [1.807, 2.05) is 12.1 Å². The van der Waals surface area contributed by atoms with Crippen molar-refractivity contribution in [2.75, 3.05) is 13.1 Å². The van der Waals surface area contributed by atoms with Crippen LogP contribution in [0.25, 0.3) is 43.1 Å². The summed E-state index contributed by atoms with van der Waals surface area (Å²) in [6.45, 7) is 14.1. The van der Waals surface area contributed by atoms with Crippen LogP contribution in [0.4, 0.5) is 0 Å². The molecule has 0 saturated heterocycles. The number of imide groups is 2. The molecule has 0 aromatic heterocycles. The molecule has 7 heteroatoms. The van der Waals surface area contributed by atoms with E-state index in [-0.39, 0.29) is 35.5 Å². The van der Waals surface area contributed by atoms with Gasteiger partial charge < -0.3 is 0 Å². The fraction of sp³-hybridized carbons (Fsp3) is 0.489. The third kappa shape index (κ3) is 5.38. The molecule has 0 bridgehead atoms. The Hall–Kier alpha value is -3.52. The van der Waals surface area contributed by atoms with Crippen LogP contribution in [0.3, 0.4) is 0 Å². The summed E-state index contributed by atoms with van der Waals surface area (Å²) in [5.74, 6) is -0.171. The predicted molar refractivity (Wildman–Crippen MR) is 225 cm³/mol. The molecule has 0 saturated carbocycles. The first-order valence-corrected chi connectivity index (χ1v) is 28.1. The predicted octanol–water partition coefficient (Wildman–Crippen LogP) is 10.4. The van der Waals surface area contributed by atoms with Crippen molar-refractivity contribution in [1.29, 1.82) is 0 Å². The van der Waals surface area contributed by atoms with Gasteiger partial charge in [-0.1, -0.05) is 0 Å².